The standard InChI is InChI=1S/C14H15F2N3O2/c1-9(17)8-21-11-5-13(20)19(18-6-11)7-10-3-2-4-12(15)14(10)16/h2-6,9H,7-8,17H2,1H3. The molecule has 0 fully saturated rings. The monoisotopic (exact) mass is 295 g/mol. The van der Waals surface area contributed by atoms with Crippen LogP contribution in [0.1, 0.15) is 12.5 Å². The molecule has 1 heterocycles. The van der Waals surface area contributed by atoms with Crippen LogP contribution in [-0.2, 0) is 6.54 Å². The first-order chi connectivity index (χ1) is 9.97. The van der Waals surface area contributed by atoms with E-state index in [9.17, 15) is 13.6 Å². The van der Waals surface area contributed by atoms with Crippen molar-refractivity contribution in [1.29, 1.82) is 0 Å². The molecule has 0 amide bonds. The Hall–Kier alpha value is -2.28. The summed E-state index contributed by atoms with van der Waals surface area (Å²) in [7, 11) is 0. The van der Waals surface area contributed by atoms with Gasteiger partial charge in [0.1, 0.15) is 12.4 Å². The van der Waals surface area contributed by atoms with Crippen molar-refractivity contribution >= 4 is 0 Å². The highest BCUT2D eigenvalue weighted by atomic mass is 19.2. The molecule has 0 bridgehead atoms. The first-order valence-corrected chi connectivity index (χ1v) is 6.36. The van der Waals surface area contributed by atoms with Gasteiger partial charge in [-0.2, -0.15) is 5.10 Å². The number of nitrogens with two attached hydrogens (primary N) is 1. The molecule has 21 heavy (non-hydrogen) atoms. The minimum Gasteiger partial charge on any atom is -0.490 e. The summed E-state index contributed by atoms with van der Waals surface area (Å²) in [6, 6.07) is 4.84. The quantitative estimate of drug-likeness (QED) is 0.902. The molecule has 1 aromatic heterocycles. The molecule has 0 spiro atoms. The SMILES string of the molecule is CC(N)COc1cnn(Cc2cccc(F)c2F)c(=O)c1. The predicted octanol–water partition coefficient (Wildman–Crippen LogP) is 1.30. The van der Waals surface area contributed by atoms with Crippen molar-refractivity contribution < 1.29 is 13.5 Å². The lowest BCUT2D eigenvalue weighted by Gasteiger charge is -2.10. The summed E-state index contributed by atoms with van der Waals surface area (Å²) in [5, 5.41) is 3.87. The van der Waals surface area contributed by atoms with Gasteiger partial charge in [-0.15, -0.1) is 0 Å². The smallest absolute Gasteiger partial charge is 0.270 e. The molecule has 0 saturated carbocycles. The number of hydrogen-bond donors (Lipinski definition) is 1. The second-order valence-electron chi connectivity index (χ2n) is 4.69. The zero-order valence-electron chi connectivity index (χ0n) is 11.4. The van der Waals surface area contributed by atoms with E-state index in [1.807, 2.05) is 0 Å². The number of aromatic nitrogens is 2. The van der Waals surface area contributed by atoms with Gasteiger partial charge in [-0.3, -0.25) is 4.79 Å². The molecule has 2 N–H and O–H groups in total. The molecular formula is C14H15F2N3O2. The number of halogens is 2. The summed E-state index contributed by atoms with van der Waals surface area (Å²) in [5.74, 6) is -1.66. The molecule has 5 nitrogen and oxygen atoms in total. The van der Waals surface area contributed by atoms with Gasteiger partial charge in [0.15, 0.2) is 11.6 Å². The Bertz CT molecular complexity index is 686. The number of hydrogen-bond acceptors (Lipinski definition) is 4. The van der Waals surface area contributed by atoms with Crippen LogP contribution in [-0.4, -0.2) is 22.4 Å². The summed E-state index contributed by atoms with van der Waals surface area (Å²) in [6.45, 7) is 1.86. The highest BCUT2D eigenvalue weighted by Gasteiger charge is 2.10. The molecule has 0 saturated heterocycles. The average Bonchev–Trinajstić information content (AvgIpc) is 2.44. The maximum atomic E-state index is 13.6. The normalized spacial score (nSPS) is 12.2. The van der Waals surface area contributed by atoms with Gasteiger partial charge in [0.25, 0.3) is 5.56 Å². The van der Waals surface area contributed by atoms with Gasteiger partial charge in [-0.1, -0.05) is 12.1 Å². The van der Waals surface area contributed by atoms with Gasteiger partial charge in [-0.05, 0) is 13.0 Å². The van der Waals surface area contributed by atoms with Crippen LogP contribution in [0.4, 0.5) is 8.78 Å². The Morgan fingerprint density at radius 2 is 2.19 bits per heavy atom. The molecule has 0 radical (unpaired) electrons. The molecule has 0 aliphatic rings. The van der Waals surface area contributed by atoms with Gasteiger partial charge in [0, 0.05) is 17.7 Å². The first-order valence-electron chi connectivity index (χ1n) is 6.36. The van der Waals surface area contributed by atoms with Gasteiger partial charge in [0.2, 0.25) is 0 Å². The molecule has 112 valence electrons. The summed E-state index contributed by atoms with van der Waals surface area (Å²) < 4.78 is 32.9. The van der Waals surface area contributed by atoms with Gasteiger partial charge < -0.3 is 10.5 Å². The minimum absolute atomic E-state index is 0.0499. The van der Waals surface area contributed by atoms with E-state index in [0.29, 0.717) is 0 Å². The third kappa shape index (κ3) is 3.85. The van der Waals surface area contributed by atoms with E-state index in [-0.39, 0.29) is 30.5 Å². The molecule has 0 aliphatic carbocycles. The van der Waals surface area contributed by atoms with Gasteiger partial charge >= 0.3 is 0 Å². The Morgan fingerprint density at radius 3 is 2.86 bits per heavy atom. The molecular weight excluding hydrogens is 280 g/mol. The number of benzene rings is 1. The van der Waals surface area contributed by atoms with Crippen LogP contribution in [0.2, 0.25) is 0 Å². The van der Waals surface area contributed by atoms with E-state index in [4.69, 9.17) is 10.5 Å². The van der Waals surface area contributed by atoms with Crippen molar-refractivity contribution in [2.75, 3.05) is 6.61 Å². The summed E-state index contributed by atoms with van der Waals surface area (Å²) in [4.78, 5) is 11.9. The van der Waals surface area contributed by atoms with Gasteiger partial charge in [0.05, 0.1) is 12.7 Å². The fourth-order valence-corrected chi connectivity index (χ4v) is 1.67. The van der Waals surface area contributed by atoms with Crippen molar-refractivity contribution in [3.63, 3.8) is 0 Å². The molecule has 1 atom stereocenters. The van der Waals surface area contributed by atoms with Crippen molar-refractivity contribution in [3.05, 3.63) is 58.0 Å². The van der Waals surface area contributed by atoms with E-state index in [1.165, 1.54) is 24.4 Å². The Kier molecular flexibility index (Phi) is 4.64. The third-order valence-electron chi connectivity index (χ3n) is 2.71. The number of ether oxygens (including phenoxy) is 1. The number of nitrogens with zero attached hydrogens (tertiary/aromatic N) is 2. The molecule has 2 rings (SSSR count). The Balaban J connectivity index is 2.18. The number of rotatable bonds is 5. The average molecular weight is 295 g/mol. The Labute approximate surface area is 120 Å². The summed E-state index contributed by atoms with van der Waals surface area (Å²) in [5.41, 5.74) is 5.11. The first kappa shape index (κ1) is 15.1. The Morgan fingerprint density at radius 1 is 1.43 bits per heavy atom. The highest BCUT2D eigenvalue weighted by molar-refractivity contribution is 5.20. The second kappa shape index (κ2) is 6.45. The second-order valence-corrected chi connectivity index (χ2v) is 4.69. The fourth-order valence-electron chi connectivity index (χ4n) is 1.67. The lowest BCUT2D eigenvalue weighted by molar-refractivity contribution is 0.293. The van der Waals surface area contributed by atoms with Crippen LogP contribution in [0.15, 0.2) is 35.3 Å². The topological polar surface area (TPSA) is 70.1 Å². The van der Waals surface area contributed by atoms with Crippen molar-refractivity contribution in [2.45, 2.75) is 19.5 Å². The maximum absolute atomic E-state index is 13.6. The predicted molar refractivity (Wildman–Crippen MR) is 73.1 cm³/mol. The van der Waals surface area contributed by atoms with E-state index >= 15 is 0 Å². The third-order valence-corrected chi connectivity index (χ3v) is 2.71. The van der Waals surface area contributed by atoms with Crippen LogP contribution >= 0.6 is 0 Å². The van der Waals surface area contributed by atoms with Crippen molar-refractivity contribution in [2.24, 2.45) is 5.73 Å². The van der Waals surface area contributed by atoms with E-state index in [0.717, 1.165) is 10.7 Å². The van der Waals surface area contributed by atoms with E-state index < -0.39 is 17.2 Å². The molecule has 1 aromatic carbocycles. The van der Waals surface area contributed by atoms with E-state index in [2.05, 4.69) is 5.10 Å². The molecule has 2 aromatic rings. The zero-order valence-corrected chi connectivity index (χ0v) is 11.4. The van der Waals surface area contributed by atoms with Crippen LogP contribution in [0.3, 0.4) is 0 Å². The summed E-state index contributed by atoms with van der Waals surface area (Å²) in [6.07, 6.45) is 1.33. The lowest BCUT2D eigenvalue weighted by atomic mass is 10.2. The summed E-state index contributed by atoms with van der Waals surface area (Å²) >= 11 is 0. The zero-order chi connectivity index (χ0) is 15.4. The van der Waals surface area contributed by atoms with Crippen LogP contribution in [0.5, 0.6) is 5.75 Å². The van der Waals surface area contributed by atoms with Crippen LogP contribution in [0.25, 0.3) is 0 Å². The minimum atomic E-state index is -0.983. The highest BCUT2D eigenvalue weighted by Crippen LogP contribution is 2.12. The van der Waals surface area contributed by atoms with Crippen molar-refractivity contribution in [3.8, 4) is 5.75 Å². The maximum Gasteiger partial charge on any atom is 0.270 e. The van der Waals surface area contributed by atoms with E-state index in [1.54, 1.807) is 6.92 Å². The lowest BCUT2D eigenvalue weighted by Crippen LogP contribution is -2.26. The van der Waals surface area contributed by atoms with Gasteiger partial charge in [-0.25, -0.2) is 13.5 Å². The molecule has 7 heteroatoms. The molecule has 1 unspecified atom stereocenters. The largest absolute Gasteiger partial charge is 0.490 e. The van der Waals surface area contributed by atoms with Crippen LogP contribution < -0.4 is 16.0 Å². The van der Waals surface area contributed by atoms with Crippen LogP contribution in [0, 0.1) is 11.6 Å². The van der Waals surface area contributed by atoms with Crippen molar-refractivity contribution in [1.82, 2.24) is 9.78 Å². The fraction of sp³-hybridized carbons (Fsp3) is 0.286. The molecule has 0 aliphatic heterocycles.